The van der Waals surface area contributed by atoms with Crippen LogP contribution >= 0.6 is 0 Å². The molecule has 0 bridgehead atoms. The fraction of sp³-hybridized carbons (Fsp3) is 0.0556. The van der Waals surface area contributed by atoms with Gasteiger partial charge in [0.15, 0.2) is 0 Å². The lowest BCUT2D eigenvalue weighted by Crippen LogP contribution is -2.00. The molecule has 2 aromatic heterocycles. The summed E-state index contributed by atoms with van der Waals surface area (Å²) < 4.78 is 4.15. The van der Waals surface area contributed by atoms with E-state index in [0.29, 0.717) is 0 Å². The molecule has 0 fully saturated rings. The topological polar surface area (TPSA) is 22.8 Å². The van der Waals surface area contributed by atoms with Crippen molar-refractivity contribution in [3.63, 3.8) is 0 Å². The Balaban J connectivity index is 1.65. The molecule has 0 saturated heterocycles. The van der Waals surface area contributed by atoms with Gasteiger partial charge in [-0.2, -0.15) is 5.10 Å². The second kappa shape index (κ2) is 4.94. The van der Waals surface area contributed by atoms with Crippen LogP contribution in [0.15, 0.2) is 79.1 Å². The van der Waals surface area contributed by atoms with E-state index in [0.717, 1.165) is 17.9 Å². The van der Waals surface area contributed by atoms with Crippen LogP contribution in [0.3, 0.4) is 0 Å². The third kappa shape index (κ3) is 2.23. The van der Waals surface area contributed by atoms with E-state index in [9.17, 15) is 0 Å². The second-order valence-electron chi connectivity index (χ2n) is 5.09. The van der Waals surface area contributed by atoms with E-state index < -0.39 is 0 Å². The van der Waals surface area contributed by atoms with Crippen LogP contribution in [0, 0.1) is 0 Å². The smallest absolute Gasteiger partial charge is 0.0826 e. The molecule has 2 heterocycles. The first kappa shape index (κ1) is 12.0. The summed E-state index contributed by atoms with van der Waals surface area (Å²) >= 11 is 0. The maximum atomic E-state index is 4.66. The summed E-state index contributed by atoms with van der Waals surface area (Å²) in [6.07, 6.45) is 4.13. The standard InChI is InChI=1S/C18H15N3/c1-2-7-17(8-3-1)21-13-11-16(19-21)14-20-12-10-15-6-4-5-9-18(15)20/h1-13H,14H2. The Morgan fingerprint density at radius 1 is 0.762 bits per heavy atom. The predicted molar refractivity (Wildman–Crippen MR) is 84.6 cm³/mol. The molecule has 0 atom stereocenters. The highest BCUT2D eigenvalue weighted by atomic mass is 15.3. The average molecular weight is 273 g/mol. The predicted octanol–water partition coefficient (Wildman–Crippen LogP) is 3.88. The number of aromatic nitrogens is 3. The first-order valence-corrected chi connectivity index (χ1v) is 7.04. The van der Waals surface area contributed by atoms with Gasteiger partial charge in [-0.3, -0.25) is 0 Å². The van der Waals surface area contributed by atoms with E-state index in [1.54, 1.807) is 0 Å². The van der Waals surface area contributed by atoms with Gasteiger partial charge in [-0.05, 0) is 35.7 Å². The molecular weight excluding hydrogens is 258 g/mol. The highest BCUT2D eigenvalue weighted by Gasteiger charge is 2.04. The molecule has 0 spiro atoms. The molecule has 3 heteroatoms. The van der Waals surface area contributed by atoms with Gasteiger partial charge in [0, 0.05) is 17.9 Å². The van der Waals surface area contributed by atoms with Crippen molar-refractivity contribution in [1.82, 2.24) is 14.3 Å². The zero-order valence-corrected chi connectivity index (χ0v) is 11.6. The van der Waals surface area contributed by atoms with Gasteiger partial charge in [-0.1, -0.05) is 36.4 Å². The molecule has 2 aromatic carbocycles. The van der Waals surface area contributed by atoms with Gasteiger partial charge in [-0.25, -0.2) is 4.68 Å². The minimum Gasteiger partial charge on any atom is -0.341 e. The lowest BCUT2D eigenvalue weighted by molar-refractivity contribution is 0.767. The van der Waals surface area contributed by atoms with Crippen LogP contribution in [0.1, 0.15) is 5.69 Å². The Morgan fingerprint density at radius 2 is 1.57 bits per heavy atom. The third-order valence-corrected chi connectivity index (χ3v) is 3.68. The number of nitrogens with zero attached hydrogens (tertiary/aromatic N) is 3. The lowest BCUT2D eigenvalue weighted by Gasteiger charge is -2.03. The van der Waals surface area contributed by atoms with E-state index >= 15 is 0 Å². The highest BCUT2D eigenvalue weighted by molar-refractivity contribution is 5.79. The molecule has 0 aliphatic rings. The molecule has 0 radical (unpaired) electrons. The molecule has 102 valence electrons. The maximum absolute atomic E-state index is 4.66. The zero-order chi connectivity index (χ0) is 14.1. The number of fused-ring (bicyclic) bond motifs is 1. The second-order valence-corrected chi connectivity index (χ2v) is 5.09. The monoisotopic (exact) mass is 273 g/mol. The molecule has 0 amide bonds. The highest BCUT2D eigenvalue weighted by Crippen LogP contribution is 2.16. The summed E-state index contributed by atoms with van der Waals surface area (Å²) in [5.41, 5.74) is 3.38. The van der Waals surface area contributed by atoms with Crippen molar-refractivity contribution >= 4 is 10.9 Å². The number of para-hydroxylation sites is 2. The SMILES string of the molecule is c1ccc(-n2ccc(Cn3ccc4ccccc43)n2)cc1. The fourth-order valence-electron chi connectivity index (χ4n) is 2.62. The van der Waals surface area contributed by atoms with Crippen molar-refractivity contribution in [2.24, 2.45) is 0 Å². The van der Waals surface area contributed by atoms with Crippen LogP contribution < -0.4 is 0 Å². The molecule has 0 unspecified atom stereocenters. The molecular formula is C18H15N3. The van der Waals surface area contributed by atoms with Crippen LogP contribution in [0.4, 0.5) is 0 Å². The van der Waals surface area contributed by atoms with Crippen molar-refractivity contribution in [2.75, 3.05) is 0 Å². The van der Waals surface area contributed by atoms with Crippen LogP contribution in [-0.4, -0.2) is 14.3 Å². The number of benzene rings is 2. The Bertz CT molecular complexity index is 872. The molecule has 4 aromatic rings. The first-order chi connectivity index (χ1) is 10.4. The number of hydrogen-bond donors (Lipinski definition) is 0. The van der Waals surface area contributed by atoms with E-state index in [4.69, 9.17) is 0 Å². The van der Waals surface area contributed by atoms with Crippen molar-refractivity contribution in [2.45, 2.75) is 6.54 Å². The van der Waals surface area contributed by atoms with Gasteiger partial charge in [-0.15, -0.1) is 0 Å². The molecule has 0 N–H and O–H groups in total. The van der Waals surface area contributed by atoms with E-state index in [1.807, 2.05) is 29.1 Å². The average Bonchev–Trinajstić information content (AvgIpc) is 3.17. The first-order valence-electron chi connectivity index (χ1n) is 7.04. The Kier molecular flexibility index (Phi) is 2.82. The largest absolute Gasteiger partial charge is 0.341 e. The van der Waals surface area contributed by atoms with Gasteiger partial charge >= 0.3 is 0 Å². The summed E-state index contributed by atoms with van der Waals surface area (Å²) in [5, 5.41) is 5.92. The number of hydrogen-bond acceptors (Lipinski definition) is 1. The minimum atomic E-state index is 0.785. The minimum absolute atomic E-state index is 0.785. The van der Waals surface area contributed by atoms with E-state index in [1.165, 1.54) is 10.9 Å². The zero-order valence-electron chi connectivity index (χ0n) is 11.6. The molecule has 0 aliphatic carbocycles. The fourth-order valence-corrected chi connectivity index (χ4v) is 2.62. The quantitative estimate of drug-likeness (QED) is 0.555. The van der Waals surface area contributed by atoms with Crippen molar-refractivity contribution in [3.8, 4) is 5.69 Å². The Labute approximate surface area is 123 Å². The summed E-state index contributed by atoms with van der Waals surface area (Å²) in [7, 11) is 0. The Hall–Kier alpha value is -2.81. The molecule has 3 nitrogen and oxygen atoms in total. The molecule has 0 aliphatic heterocycles. The third-order valence-electron chi connectivity index (χ3n) is 3.68. The van der Waals surface area contributed by atoms with Crippen LogP contribution in [0.2, 0.25) is 0 Å². The van der Waals surface area contributed by atoms with Crippen LogP contribution in [-0.2, 0) is 6.54 Å². The summed E-state index contributed by atoms with van der Waals surface area (Å²) in [4.78, 5) is 0. The summed E-state index contributed by atoms with van der Waals surface area (Å²) in [5.74, 6) is 0. The summed E-state index contributed by atoms with van der Waals surface area (Å²) in [6, 6.07) is 22.8. The normalized spacial score (nSPS) is 11.0. The van der Waals surface area contributed by atoms with Crippen LogP contribution in [0.25, 0.3) is 16.6 Å². The summed E-state index contributed by atoms with van der Waals surface area (Å²) in [6.45, 7) is 0.785. The van der Waals surface area contributed by atoms with Crippen molar-refractivity contribution in [1.29, 1.82) is 0 Å². The van der Waals surface area contributed by atoms with Gasteiger partial charge in [0.05, 0.1) is 17.9 Å². The number of rotatable bonds is 3. The molecule has 21 heavy (non-hydrogen) atoms. The van der Waals surface area contributed by atoms with Gasteiger partial charge in [0.1, 0.15) is 0 Å². The van der Waals surface area contributed by atoms with E-state index in [2.05, 4.69) is 64.4 Å². The Morgan fingerprint density at radius 3 is 2.48 bits per heavy atom. The van der Waals surface area contributed by atoms with Crippen LogP contribution in [0.5, 0.6) is 0 Å². The van der Waals surface area contributed by atoms with Gasteiger partial charge in [0.25, 0.3) is 0 Å². The maximum Gasteiger partial charge on any atom is 0.0826 e. The molecule has 0 saturated carbocycles. The van der Waals surface area contributed by atoms with Gasteiger partial charge < -0.3 is 4.57 Å². The van der Waals surface area contributed by atoms with Crippen molar-refractivity contribution < 1.29 is 0 Å². The van der Waals surface area contributed by atoms with Gasteiger partial charge in [0.2, 0.25) is 0 Å². The van der Waals surface area contributed by atoms with Crippen molar-refractivity contribution in [3.05, 3.63) is 84.8 Å². The van der Waals surface area contributed by atoms with E-state index in [-0.39, 0.29) is 0 Å². The molecule has 4 rings (SSSR count). The lowest BCUT2D eigenvalue weighted by atomic mass is 10.2.